The van der Waals surface area contributed by atoms with E-state index in [9.17, 15) is 14.4 Å². The zero-order valence-electron chi connectivity index (χ0n) is 19.0. The van der Waals surface area contributed by atoms with Gasteiger partial charge in [0.05, 0.1) is 34.1 Å². The lowest BCUT2D eigenvalue weighted by Gasteiger charge is -2.29. The summed E-state index contributed by atoms with van der Waals surface area (Å²) in [5.74, 6) is 1.89. The number of anilines is 1. The van der Waals surface area contributed by atoms with E-state index in [2.05, 4.69) is 34.2 Å². The zero-order valence-corrected chi connectivity index (χ0v) is 19.9. The molecule has 4 rings (SSSR count). The molecule has 0 aliphatic heterocycles. The summed E-state index contributed by atoms with van der Waals surface area (Å²) in [4.78, 5) is 20.1. The van der Waals surface area contributed by atoms with Gasteiger partial charge >= 0.3 is 0 Å². The third-order valence-corrected chi connectivity index (χ3v) is 6.71. The molecule has 1 aromatic carbocycles. The summed E-state index contributed by atoms with van der Waals surface area (Å²) in [7, 11) is 0. The number of H-pyrrole nitrogens is 1. The topological polar surface area (TPSA) is 99.4 Å². The fraction of sp³-hybridized carbons (Fsp3) is 0.417. The van der Waals surface area contributed by atoms with Crippen molar-refractivity contribution in [3.05, 3.63) is 58.7 Å². The quantitative estimate of drug-likeness (QED) is 0.468. The first-order valence-corrected chi connectivity index (χ1v) is 12.2. The zero-order chi connectivity index (χ0) is 23.6. The van der Waals surface area contributed by atoms with Crippen molar-refractivity contribution < 1.29 is 9.18 Å². The number of hydrogen-bond acceptors (Lipinski definition) is 6. The number of nitriles is 1. The first kappa shape index (κ1) is 23.1. The van der Waals surface area contributed by atoms with E-state index >= 15 is 0 Å². The van der Waals surface area contributed by atoms with Crippen molar-refractivity contribution in [1.82, 2.24) is 19.7 Å². The minimum absolute atomic E-state index is 0.0251. The summed E-state index contributed by atoms with van der Waals surface area (Å²) in [6.07, 6.45) is 5.28. The molecule has 9 heteroatoms. The van der Waals surface area contributed by atoms with Crippen LogP contribution in [0.3, 0.4) is 0 Å². The highest BCUT2D eigenvalue weighted by atomic mass is 32.2. The number of fused-ring (bicyclic) bond motifs is 1. The third-order valence-electron chi connectivity index (χ3n) is 5.74. The molecule has 2 N–H and O–H groups in total. The van der Waals surface area contributed by atoms with Gasteiger partial charge < -0.3 is 10.3 Å². The Bertz CT molecular complexity index is 1210. The Morgan fingerprint density at radius 2 is 2.18 bits per heavy atom. The van der Waals surface area contributed by atoms with Gasteiger partial charge in [0.25, 0.3) is 0 Å². The van der Waals surface area contributed by atoms with Crippen LogP contribution in [0, 0.1) is 22.6 Å². The van der Waals surface area contributed by atoms with Crippen molar-refractivity contribution >= 4 is 23.2 Å². The van der Waals surface area contributed by atoms with Gasteiger partial charge in [-0.25, -0.2) is 14.1 Å². The van der Waals surface area contributed by atoms with E-state index in [0.717, 1.165) is 28.7 Å². The van der Waals surface area contributed by atoms with Crippen LogP contribution in [-0.2, 0) is 18.6 Å². The lowest BCUT2D eigenvalue weighted by molar-refractivity contribution is 0.0910. The molecule has 0 unspecified atom stereocenters. The summed E-state index contributed by atoms with van der Waals surface area (Å²) in [6, 6.07) is 5.04. The van der Waals surface area contributed by atoms with Crippen molar-refractivity contribution in [2.75, 3.05) is 17.6 Å². The predicted molar refractivity (Wildman–Crippen MR) is 127 cm³/mol. The summed E-state index contributed by atoms with van der Waals surface area (Å²) in [5.41, 5.74) is 2.95. The summed E-state index contributed by atoms with van der Waals surface area (Å²) in [6.45, 7) is 6.64. The number of aryl methyl sites for hydroxylation is 1. The van der Waals surface area contributed by atoms with Crippen LogP contribution < -0.4 is 5.32 Å². The second-order valence-corrected chi connectivity index (χ2v) is 10.1. The Balaban J connectivity index is 1.61. The van der Waals surface area contributed by atoms with Crippen LogP contribution in [0.4, 0.5) is 10.1 Å². The molecule has 3 aromatic rings. The number of nitrogens with one attached hydrogen (secondary N) is 2. The second kappa shape index (κ2) is 9.40. The standard InChI is InChI=1S/C24H27FN6OS/c1-4-18-23-20(11-24(2,3)12-21(23)32)31(30-18)15-9-17(25)16(13-26)19(10-15)27-7-8-33-14-22-28-5-6-29-22/h5-6,9-10,27H,4,7-8,11-12,14H2,1-3H3,(H,28,29). The van der Waals surface area contributed by atoms with E-state index in [1.165, 1.54) is 6.07 Å². The molecule has 1 aliphatic carbocycles. The Labute approximate surface area is 196 Å². The van der Waals surface area contributed by atoms with Crippen LogP contribution in [-0.4, -0.2) is 37.8 Å². The van der Waals surface area contributed by atoms with Gasteiger partial charge in [0, 0.05) is 37.2 Å². The number of benzene rings is 1. The van der Waals surface area contributed by atoms with Gasteiger partial charge in [0.1, 0.15) is 23.3 Å². The number of rotatable bonds is 8. The maximum absolute atomic E-state index is 14.9. The van der Waals surface area contributed by atoms with E-state index in [4.69, 9.17) is 0 Å². The van der Waals surface area contributed by atoms with Crippen LogP contribution in [0.2, 0.25) is 0 Å². The van der Waals surface area contributed by atoms with E-state index in [0.29, 0.717) is 42.7 Å². The van der Waals surface area contributed by atoms with E-state index < -0.39 is 5.82 Å². The Hall–Kier alpha value is -3.12. The molecule has 0 atom stereocenters. The molecule has 7 nitrogen and oxygen atoms in total. The molecule has 0 saturated carbocycles. The molecule has 0 fully saturated rings. The van der Waals surface area contributed by atoms with E-state index in [1.807, 2.05) is 13.0 Å². The van der Waals surface area contributed by atoms with Crippen molar-refractivity contribution in [1.29, 1.82) is 5.26 Å². The van der Waals surface area contributed by atoms with Gasteiger partial charge in [-0.2, -0.15) is 22.1 Å². The largest absolute Gasteiger partial charge is 0.383 e. The van der Waals surface area contributed by atoms with Crippen LogP contribution in [0.25, 0.3) is 5.69 Å². The minimum Gasteiger partial charge on any atom is -0.383 e. The average molecular weight is 467 g/mol. The smallest absolute Gasteiger partial charge is 0.167 e. The molecular formula is C24H27FN6OS. The van der Waals surface area contributed by atoms with Crippen molar-refractivity contribution in [2.24, 2.45) is 5.41 Å². The number of aromatic amines is 1. The predicted octanol–water partition coefficient (Wildman–Crippen LogP) is 4.67. The highest BCUT2D eigenvalue weighted by molar-refractivity contribution is 7.98. The van der Waals surface area contributed by atoms with Crippen LogP contribution >= 0.6 is 11.8 Å². The van der Waals surface area contributed by atoms with Crippen molar-refractivity contribution in [2.45, 2.75) is 45.8 Å². The molecule has 1 aliphatic rings. The molecule has 0 spiro atoms. The van der Waals surface area contributed by atoms with Crippen LogP contribution in [0.1, 0.15) is 60.3 Å². The van der Waals surface area contributed by atoms with E-state index in [-0.39, 0.29) is 16.8 Å². The van der Waals surface area contributed by atoms with Gasteiger partial charge in [-0.15, -0.1) is 0 Å². The van der Waals surface area contributed by atoms with Gasteiger partial charge in [0.15, 0.2) is 5.78 Å². The van der Waals surface area contributed by atoms with Crippen molar-refractivity contribution in [3.63, 3.8) is 0 Å². The number of carbonyl (C=O) groups excluding carboxylic acids is 1. The van der Waals surface area contributed by atoms with Crippen molar-refractivity contribution in [3.8, 4) is 11.8 Å². The number of carbonyl (C=O) groups is 1. The molecule has 2 heterocycles. The average Bonchev–Trinajstić information content (AvgIpc) is 3.40. The monoisotopic (exact) mass is 466 g/mol. The lowest BCUT2D eigenvalue weighted by Crippen LogP contribution is -2.28. The Morgan fingerprint density at radius 1 is 1.36 bits per heavy atom. The molecule has 0 bridgehead atoms. The third kappa shape index (κ3) is 4.81. The maximum Gasteiger partial charge on any atom is 0.167 e. The number of nitrogens with zero attached hydrogens (tertiary/aromatic N) is 4. The minimum atomic E-state index is -0.607. The molecular weight excluding hydrogens is 439 g/mol. The highest BCUT2D eigenvalue weighted by Gasteiger charge is 2.36. The molecule has 172 valence electrons. The SMILES string of the molecule is CCc1nn(-c2cc(F)c(C#N)c(NCCSCc3ncc[nH]3)c2)c2c1C(=O)CC(C)(C)C2. The molecule has 2 aromatic heterocycles. The number of imidazole rings is 1. The Morgan fingerprint density at radius 3 is 2.88 bits per heavy atom. The lowest BCUT2D eigenvalue weighted by atomic mass is 9.75. The number of halogens is 1. The summed E-state index contributed by atoms with van der Waals surface area (Å²) < 4.78 is 16.6. The number of hydrogen-bond donors (Lipinski definition) is 2. The van der Waals surface area contributed by atoms with Gasteiger partial charge in [-0.3, -0.25) is 4.79 Å². The first-order chi connectivity index (χ1) is 15.8. The highest BCUT2D eigenvalue weighted by Crippen LogP contribution is 2.38. The number of aromatic nitrogens is 4. The van der Waals surface area contributed by atoms with Gasteiger partial charge in [-0.05, 0) is 24.3 Å². The number of ketones is 1. The van der Waals surface area contributed by atoms with E-state index in [1.54, 1.807) is 34.9 Å². The summed E-state index contributed by atoms with van der Waals surface area (Å²) in [5, 5.41) is 17.4. The van der Waals surface area contributed by atoms with Crippen LogP contribution in [0.5, 0.6) is 0 Å². The molecule has 0 saturated heterocycles. The summed E-state index contributed by atoms with van der Waals surface area (Å²) >= 11 is 1.69. The molecule has 0 radical (unpaired) electrons. The second-order valence-electron chi connectivity index (χ2n) is 8.95. The first-order valence-electron chi connectivity index (χ1n) is 11.0. The normalized spacial score (nSPS) is 14.7. The van der Waals surface area contributed by atoms with Gasteiger partial charge in [-0.1, -0.05) is 20.8 Å². The van der Waals surface area contributed by atoms with Gasteiger partial charge in [0.2, 0.25) is 0 Å². The Kier molecular flexibility index (Phi) is 6.56. The maximum atomic E-state index is 14.9. The molecule has 33 heavy (non-hydrogen) atoms. The fourth-order valence-electron chi connectivity index (χ4n) is 4.26. The molecule has 0 amide bonds. The number of thioether (sulfide) groups is 1. The fourth-order valence-corrected chi connectivity index (χ4v) is 5.00. The van der Waals surface area contributed by atoms with Crippen LogP contribution in [0.15, 0.2) is 24.5 Å². The number of Topliss-reactive ketones (excluding diaryl/α,β-unsaturated/α-hetero) is 1.